The van der Waals surface area contributed by atoms with E-state index in [1.165, 1.54) is 21.1 Å². The zero-order valence-electron chi connectivity index (χ0n) is 36.2. The van der Waals surface area contributed by atoms with Crippen LogP contribution in [0.2, 0.25) is 0 Å². The van der Waals surface area contributed by atoms with Gasteiger partial charge in [0.05, 0.1) is 33.0 Å². The molecule has 1 saturated heterocycles. The van der Waals surface area contributed by atoms with Gasteiger partial charge in [0.2, 0.25) is 5.60 Å². The molecule has 4 aliphatic heterocycles. The Morgan fingerprint density at radius 2 is 1.72 bits per heavy atom. The van der Waals surface area contributed by atoms with Crippen LogP contribution in [-0.4, -0.2) is 133 Å². The number of benzene rings is 2. The van der Waals surface area contributed by atoms with Crippen molar-refractivity contribution in [2.45, 2.75) is 107 Å². The number of fused-ring (bicyclic) bond motifs is 7. The number of piperidine rings is 1. The summed E-state index contributed by atoms with van der Waals surface area (Å²) >= 11 is 0. The quantitative estimate of drug-likeness (QED) is 0.172. The van der Waals surface area contributed by atoms with Crippen LogP contribution in [-0.2, 0) is 46.9 Å². The minimum atomic E-state index is -2.26. The molecule has 5 heterocycles. The number of aryl methyl sites for hydroxylation is 1. The maximum Gasteiger partial charge on any atom is 0.344 e. The number of aliphatic hydroxyl groups is 2. The fourth-order valence-electron chi connectivity index (χ4n) is 12.3. The number of ether oxygens (including phenoxy) is 4. The Morgan fingerprint density at radius 1 is 0.950 bits per heavy atom. The number of aromatic nitrogens is 1. The minimum Gasteiger partial charge on any atom is -0.496 e. The molecule has 1 aliphatic carbocycles. The van der Waals surface area contributed by atoms with Crippen LogP contribution in [0.15, 0.2) is 48.6 Å². The second-order valence-electron chi connectivity index (χ2n) is 18.1. The largest absolute Gasteiger partial charge is 0.496 e. The maximum atomic E-state index is 15.1. The highest BCUT2D eigenvalue weighted by atomic mass is 16.6. The highest BCUT2D eigenvalue weighted by Gasteiger charge is 2.69. The molecular formula is C47H62N4O9. The van der Waals surface area contributed by atoms with Crippen LogP contribution < -0.4 is 9.64 Å². The molecule has 9 atom stereocenters. The van der Waals surface area contributed by atoms with Crippen molar-refractivity contribution in [2.75, 3.05) is 66.0 Å². The first-order valence-electron chi connectivity index (χ1n) is 21.7. The molecule has 2 fully saturated rings. The molecule has 1 aromatic heterocycles. The first-order valence-corrected chi connectivity index (χ1v) is 21.7. The molecule has 5 aliphatic rings. The topological polar surface area (TPSA) is 154 Å². The van der Waals surface area contributed by atoms with Gasteiger partial charge in [-0.1, -0.05) is 44.2 Å². The van der Waals surface area contributed by atoms with Crippen molar-refractivity contribution >= 4 is 34.5 Å². The number of carbonyl (C=O) groups excluding carboxylic acids is 3. The van der Waals surface area contributed by atoms with Crippen molar-refractivity contribution in [1.82, 2.24) is 14.8 Å². The van der Waals surface area contributed by atoms with Gasteiger partial charge in [0.1, 0.15) is 11.2 Å². The summed E-state index contributed by atoms with van der Waals surface area (Å²) in [7, 11) is 6.14. The predicted octanol–water partition coefficient (Wildman–Crippen LogP) is 4.67. The number of carbonyl (C=O) groups is 3. The SMILES string of the molecule is CC[C@]1(O)C[C@@H]2CN(CCc3c([nH]c4ccccc34)[C@@](C(=O)OC)(c3cc4c(cc3OC)N(C)[C@@H]3C[C@H]5N(CC=C[C@@]5(CC)[C@@H](OC(C)=O)[C@]3(O)C(=O)OC)CCC4)C2)C1. The van der Waals surface area contributed by atoms with Crippen LogP contribution in [0.1, 0.15) is 81.7 Å². The summed E-state index contributed by atoms with van der Waals surface area (Å²) in [5.74, 6) is -1.51. The molecule has 0 amide bonds. The Kier molecular flexibility index (Phi) is 11.1. The lowest BCUT2D eigenvalue weighted by Crippen LogP contribution is -2.76. The van der Waals surface area contributed by atoms with Crippen LogP contribution in [0.3, 0.4) is 0 Å². The lowest BCUT2D eigenvalue weighted by molar-refractivity contribution is -0.222. The van der Waals surface area contributed by atoms with Crippen molar-refractivity contribution in [3.63, 3.8) is 0 Å². The second-order valence-corrected chi connectivity index (χ2v) is 18.1. The fraction of sp³-hybridized carbons (Fsp3) is 0.596. The third kappa shape index (κ3) is 6.44. The van der Waals surface area contributed by atoms with Gasteiger partial charge in [-0.05, 0) is 87.1 Å². The molecule has 60 heavy (non-hydrogen) atoms. The molecule has 2 aromatic carbocycles. The van der Waals surface area contributed by atoms with E-state index >= 15 is 4.79 Å². The number of para-hydroxylation sites is 1. The summed E-state index contributed by atoms with van der Waals surface area (Å²) in [4.78, 5) is 52.6. The van der Waals surface area contributed by atoms with Gasteiger partial charge in [-0.25, -0.2) is 4.79 Å². The minimum absolute atomic E-state index is 0.0697. The van der Waals surface area contributed by atoms with Gasteiger partial charge in [0.25, 0.3) is 0 Å². The number of likely N-dealkylation sites (N-methyl/N-ethyl adjacent to an activating group) is 1. The predicted molar refractivity (Wildman–Crippen MR) is 227 cm³/mol. The molecule has 8 rings (SSSR count). The third-order valence-corrected chi connectivity index (χ3v) is 15.1. The van der Waals surface area contributed by atoms with Gasteiger partial charge < -0.3 is 39.0 Å². The number of esters is 3. The normalized spacial score (nSPS) is 34.0. The van der Waals surface area contributed by atoms with E-state index in [-0.39, 0.29) is 12.0 Å². The number of rotatable bonds is 7. The van der Waals surface area contributed by atoms with Gasteiger partial charge >= 0.3 is 17.9 Å². The number of methoxy groups -OCH3 is 3. The summed E-state index contributed by atoms with van der Waals surface area (Å²) in [6, 6.07) is 11.1. The fourth-order valence-corrected chi connectivity index (χ4v) is 12.3. The van der Waals surface area contributed by atoms with E-state index in [9.17, 15) is 19.8 Å². The molecule has 1 unspecified atom stereocenters. The molecule has 4 bridgehead atoms. The summed E-state index contributed by atoms with van der Waals surface area (Å²) in [5, 5.41) is 26.0. The van der Waals surface area contributed by atoms with E-state index in [2.05, 4.69) is 33.0 Å². The Labute approximate surface area is 353 Å². The van der Waals surface area contributed by atoms with Crippen molar-refractivity contribution in [3.05, 3.63) is 70.9 Å². The molecule has 13 nitrogen and oxygen atoms in total. The first kappa shape index (κ1) is 42.3. The molecule has 0 radical (unpaired) electrons. The highest BCUT2D eigenvalue weighted by molar-refractivity contribution is 5.94. The number of hydrogen-bond acceptors (Lipinski definition) is 12. The summed E-state index contributed by atoms with van der Waals surface area (Å²) in [5.41, 5.74) is -0.381. The molecule has 3 N–H and O–H groups in total. The van der Waals surface area contributed by atoms with Gasteiger partial charge in [-0.15, -0.1) is 0 Å². The average molecular weight is 827 g/mol. The first-order chi connectivity index (χ1) is 28.7. The van der Waals surface area contributed by atoms with Gasteiger partial charge in [-0.3, -0.25) is 19.4 Å². The number of nitrogens with zero attached hydrogens (tertiary/aromatic N) is 3. The standard InChI is InChI=1S/C47H62N4O9/c1-8-44(55)25-30-26-46(42(53)58-6,40-33(17-21-50(27-30)28-44)32-15-10-11-16-35(32)48-40)34-22-31-14-12-19-51-20-13-18-45(9-2)38(51)24-39(49(4)36(31)23-37(34)57-5)47(56,43(54)59-7)41(45)60-29(3)52/h10-11,13,15-16,18,22-23,30,38-39,41,48,55-56H,8-9,12,14,17,19-21,24-28H2,1-7H3/t30-,38+,39+,41+,44-,45+,46-,47-/m0/s1. The Morgan fingerprint density at radius 3 is 2.42 bits per heavy atom. The van der Waals surface area contributed by atoms with Crippen LogP contribution >= 0.6 is 0 Å². The van der Waals surface area contributed by atoms with Gasteiger partial charge in [-0.2, -0.15) is 0 Å². The molecule has 0 spiro atoms. The Balaban J connectivity index is 1.37. The second kappa shape index (κ2) is 15.8. The van der Waals surface area contributed by atoms with E-state index in [0.29, 0.717) is 75.9 Å². The smallest absolute Gasteiger partial charge is 0.344 e. The average Bonchev–Trinajstić information content (AvgIpc) is 3.64. The van der Waals surface area contributed by atoms with Crippen LogP contribution in [0.25, 0.3) is 10.9 Å². The Bertz CT molecular complexity index is 2190. The van der Waals surface area contributed by atoms with Gasteiger partial charge in [0.15, 0.2) is 6.10 Å². The number of anilines is 1. The third-order valence-electron chi connectivity index (χ3n) is 15.1. The molecule has 324 valence electrons. The number of hydrogen-bond donors (Lipinski definition) is 3. The summed E-state index contributed by atoms with van der Waals surface area (Å²) < 4.78 is 23.7. The van der Waals surface area contributed by atoms with E-state index in [0.717, 1.165) is 52.9 Å². The van der Waals surface area contributed by atoms with Gasteiger partial charge in [0, 0.05) is 85.5 Å². The summed E-state index contributed by atoms with van der Waals surface area (Å²) in [6.45, 7) is 8.73. The van der Waals surface area contributed by atoms with Crippen molar-refractivity contribution in [1.29, 1.82) is 0 Å². The maximum absolute atomic E-state index is 15.1. The molecule has 13 heteroatoms. The van der Waals surface area contributed by atoms with Crippen LogP contribution in [0.4, 0.5) is 5.69 Å². The molecule has 3 aromatic rings. The Hall–Kier alpha value is -4.43. The summed E-state index contributed by atoms with van der Waals surface area (Å²) in [6.07, 6.45) is 7.28. The van der Waals surface area contributed by atoms with E-state index in [1.54, 1.807) is 7.11 Å². The molecular weight excluding hydrogens is 765 g/mol. The zero-order chi connectivity index (χ0) is 42.8. The van der Waals surface area contributed by atoms with E-state index in [1.807, 2.05) is 56.1 Å². The highest BCUT2D eigenvalue weighted by Crippen LogP contribution is 2.55. The van der Waals surface area contributed by atoms with Crippen molar-refractivity contribution in [3.8, 4) is 5.75 Å². The van der Waals surface area contributed by atoms with Crippen LogP contribution in [0.5, 0.6) is 5.75 Å². The number of aromatic amines is 1. The number of nitrogens with one attached hydrogen (secondary N) is 1. The molecule has 1 saturated carbocycles. The monoisotopic (exact) mass is 826 g/mol. The zero-order valence-corrected chi connectivity index (χ0v) is 36.2. The van der Waals surface area contributed by atoms with Crippen LogP contribution in [0, 0.1) is 11.3 Å². The van der Waals surface area contributed by atoms with Crippen molar-refractivity contribution < 1.29 is 43.5 Å². The van der Waals surface area contributed by atoms with E-state index in [4.69, 9.17) is 18.9 Å². The number of H-pyrrole nitrogens is 1. The lowest BCUT2D eigenvalue weighted by Gasteiger charge is -2.61. The van der Waals surface area contributed by atoms with Crippen molar-refractivity contribution in [2.24, 2.45) is 11.3 Å². The van der Waals surface area contributed by atoms with E-state index < -0.39 is 52.1 Å². The lowest BCUT2D eigenvalue weighted by atomic mass is 9.57.